The van der Waals surface area contributed by atoms with Crippen molar-refractivity contribution in [3.8, 4) is 17.2 Å². The summed E-state index contributed by atoms with van der Waals surface area (Å²) >= 11 is 0. The first-order chi connectivity index (χ1) is 16.5. The van der Waals surface area contributed by atoms with E-state index in [0.717, 1.165) is 22.6 Å². The minimum Gasteiger partial charge on any atom is -0.497 e. The van der Waals surface area contributed by atoms with Crippen molar-refractivity contribution in [2.75, 3.05) is 33.3 Å². The molecule has 2 aliphatic heterocycles. The van der Waals surface area contributed by atoms with Crippen LogP contribution in [0.4, 0.5) is 5.69 Å². The van der Waals surface area contributed by atoms with Crippen molar-refractivity contribution in [2.24, 2.45) is 4.99 Å². The fraction of sp³-hybridized carbons (Fsp3) is 0.269. The van der Waals surface area contributed by atoms with E-state index in [4.69, 9.17) is 14.5 Å². The summed E-state index contributed by atoms with van der Waals surface area (Å²) in [6, 6.07) is 20.4. The number of sulfonamides is 1. The molecule has 0 atom stereocenters. The molecule has 2 heterocycles. The number of rotatable bonds is 3. The number of amidine groups is 1. The van der Waals surface area contributed by atoms with E-state index in [1.807, 2.05) is 55.5 Å². The van der Waals surface area contributed by atoms with E-state index in [1.54, 1.807) is 29.6 Å². The molecule has 0 saturated carbocycles. The van der Waals surface area contributed by atoms with Gasteiger partial charge >= 0.3 is 0 Å². The predicted octanol–water partition coefficient (Wildman–Crippen LogP) is 4.58. The van der Waals surface area contributed by atoms with Crippen molar-refractivity contribution in [1.29, 1.82) is 0 Å². The van der Waals surface area contributed by atoms with Crippen LogP contribution in [0.15, 0.2) is 76.6 Å². The lowest BCUT2D eigenvalue weighted by molar-refractivity contribution is 0.405. The first-order valence-electron chi connectivity index (χ1n) is 11.3. The lowest BCUT2D eigenvalue weighted by Crippen LogP contribution is -2.37. The Labute approximate surface area is 200 Å². The summed E-state index contributed by atoms with van der Waals surface area (Å²) in [5.41, 5.74) is 2.49. The fourth-order valence-electron chi connectivity index (χ4n) is 4.34. The molecule has 0 radical (unpaired) electrons. The first-order valence-corrected chi connectivity index (χ1v) is 12.8. The van der Waals surface area contributed by atoms with Gasteiger partial charge in [0.25, 0.3) is 0 Å². The second-order valence-corrected chi connectivity index (χ2v) is 10.4. The van der Waals surface area contributed by atoms with Crippen LogP contribution in [-0.2, 0) is 10.0 Å². The number of ether oxygens (including phenoxy) is 2. The highest BCUT2D eigenvalue weighted by atomic mass is 32.2. The normalized spacial score (nSPS) is 16.4. The molecule has 1 fully saturated rings. The zero-order valence-electron chi connectivity index (χ0n) is 19.3. The van der Waals surface area contributed by atoms with E-state index in [0.29, 0.717) is 54.7 Å². The zero-order valence-corrected chi connectivity index (χ0v) is 20.1. The first kappa shape index (κ1) is 22.4. The van der Waals surface area contributed by atoms with Crippen LogP contribution in [-0.4, -0.2) is 56.7 Å². The molecule has 3 aromatic rings. The number of methoxy groups -OCH3 is 1. The van der Waals surface area contributed by atoms with Gasteiger partial charge in [0.1, 0.15) is 23.0 Å². The molecule has 0 N–H and O–H groups in total. The summed E-state index contributed by atoms with van der Waals surface area (Å²) in [6.07, 6.45) is 0.686. The molecule has 1 saturated heterocycles. The van der Waals surface area contributed by atoms with Gasteiger partial charge in [-0.05, 0) is 61.4 Å². The van der Waals surface area contributed by atoms with Crippen molar-refractivity contribution >= 4 is 21.5 Å². The van der Waals surface area contributed by atoms with Crippen LogP contribution in [0.3, 0.4) is 0 Å². The Morgan fingerprint density at radius 2 is 1.76 bits per heavy atom. The zero-order chi connectivity index (χ0) is 23.7. The molecule has 176 valence electrons. The van der Waals surface area contributed by atoms with Crippen LogP contribution in [0.2, 0.25) is 0 Å². The predicted molar refractivity (Wildman–Crippen MR) is 132 cm³/mol. The van der Waals surface area contributed by atoms with Crippen LogP contribution in [0, 0.1) is 6.92 Å². The lowest BCUT2D eigenvalue weighted by atomic mass is 10.1. The largest absolute Gasteiger partial charge is 0.497 e. The Morgan fingerprint density at radius 3 is 2.59 bits per heavy atom. The molecule has 34 heavy (non-hydrogen) atoms. The standard InChI is InChI=1S/C26H27N3O4S/c1-19-7-5-8-21(17-19)34(30,31)29-14-6-13-28(15-16-29)26-22-18-20(32-2)11-12-24(22)33-25-10-4-3-9-23(25)27-26/h3-5,7-12,17-18H,6,13-16H2,1-2H3. The maximum absolute atomic E-state index is 13.3. The van der Waals surface area contributed by atoms with Crippen molar-refractivity contribution < 1.29 is 17.9 Å². The number of para-hydroxylation sites is 2. The molecule has 0 spiro atoms. The Hall–Kier alpha value is -3.36. The van der Waals surface area contributed by atoms with E-state index in [2.05, 4.69) is 4.90 Å². The summed E-state index contributed by atoms with van der Waals surface area (Å²) in [7, 11) is -1.94. The van der Waals surface area contributed by atoms with Gasteiger partial charge in [0.15, 0.2) is 5.75 Å². The second-order valence-electron chi connectivity index (χ2n) is 8.43. The number of aliphatic imine (C=N–C) groups is 1. The Bertz CT molecular complexity index is 1350. The van der Waals surface area contributed by atoms with Gasteiger partial charge in [0.05, 0.1) is 17.6 Å². The van der Waals surface area contributed by atoms with Crippen molar-refractivity contribution in [1.82, 2.24) is 9.21 Å². The second kappa shape index (κ2) is 9.12. The molecule has 0 aliphatic carbocycles. The molecule has 8 heteroatoms. The Balaban J connectivity index is 1.48. The molecule has 0 aromatic heterocycles. The van der Waals surface area contributed by atoms with Gasteiger partial charge < -0.3 is 14.4 Å². The molecule has 0 amide bonds. The van der Waals surface area contributed by atoms with E-state index < -0.39 is 10.0 Å². The Kier molecular flexibility index (Phi) is 6.02. The van der Waals surface area contributed by atoms with E-state index in [-0.39, 0.29) is 0 Å². The average Bonchev–Trinajstić information content (AvgIpc) is 3.19. The fourth-order valence-corrected chi connectivity index (χ4v) is 5.92. The van der Waals surface area contributed by atoms with E-state index in [1.165, 1.54) is 0 Å². The van der Waals surface area contributed by atoms with Crippen LogP contribution in [0.1, 0.15) is 17.5 Å². The summed E-state index contributed by atoms with van der Waals surface area (Å²) in [4.78, 5) is 7.46. The number of hydrogen-bond donors (Lipinski definition) is 0. The van der Waals surface area contributed by atoms with Gasteiger partial charge in [0.2, 0.25) is 10.0 Å². The topological polar surface area (TPSA) is 71.4 Å². The Morgan fingerprint density at radius 1 is 0.912 bits per heavy atom. The summed E-state index contributed by atoms with van der Waals surface area (Å²) in [5, 5.41) is 0. The number of fused-ring (bicyclic) bond motifs is 2. The summed E-state index contributed by atoms with van der Waals surface area (Å²) in [6.45, 7) is 3.93. The lowest BCUT2D eigenvalue weighted by Gasteiger charge is -2.25. The van der Waals surface area contributed by atoms with E-state index >= 15 is 0 Å². The third-order valence-electron chi connectivity index (χ3n) is 6.12. The van der Waals surface area contributed by atoms with Gasteiger partial charge in [-0.15, -0.1) is 0 Å². The minimum absolute atomic E-state index is 0.338. The molecule has 5 rings (SSSR count). The highest BCUT2D eigenvalue weighted by Gasteiger charge is 2.30. The van der Waals surface area contributed by atoms with Crippen molar-refractivity contribution in [3.05, 3.63) is 77.9 Å². The van der Waals surface area contributed by atoms with Gasteiger partial charge in [-0.1, -0.05) is 24.3 Å². The quantitative estimate of drug-likeness (QED) is 0.552. The van der Waals surface area contributed by atoms with Gasteiger partial charge in [-0.2, -0.15) is 4.31 Å². The third kappa shape index (κ3) is 4.26. The van der Waals surface area contributed by atoms with Crippen LogP contribution in [0.25, 0.3) is 0 Å². The number of aryl methyl sites for hydroxylation is 1. The van der Waals surface area contributed by atoms with Crippen molar-refractivity contribution in [2.45, 2.75) is 18.2 Å². The van der Waals surface area contributed by atoms with Gasteiger partial charge in [-0.3, -0.25) is 0 Å². The van der Waals surface area contributed by atoms with Gasteiger partial charge in [-0.25, -0.2) is 13.4 Å². The molecule has 3 aromatic carbocycles. The number of nitrogens with zero attached hydrogens (tertiary/aromatic N) is 3. The summed E-state index contributed by atoms with van der Waals surface area (Å²) < 4.78 is 39.9. The minimum atomic E-state index is -3.57. The summed E-state index contributed by atoms with van der Waals surface area (Å²) in [5.74, 6) is 2.84. The van der Waals surface area contributed by atoms with Crippen LogP contribution < -0.4 is 9.47 Å². The third-order valence-corrected chi connectivity index (χ3v) is 8.02. The average molecular weight is 478 g/mol. The molecule has 0 bridgehead atoms. The molecular weight excluding hydrogens is 450 g/mol. The SMILES string of the molecule is COc1ccc2c(c1)C(N1CCCN(S(=O)(=O)c3cccc(C)c3)CC1)=Nc1ccccc1O2. The number of hydrogen-bond acceptors (Lipinski definition) is 6. The number of benzene rings is 3. The van der Waals surface area contributed by atoms with Crippen LogP contribution in [0.5, 0.6) is 17.2 Å². The molecular formula is C26H27N3O4S. The highest BCUT2D eigenvalue weighted by molar-refractivity contribution is 7.89. The molecule has 2 aliphatic rings. The van der Waals surface area contributed by atoms with Crippen LogP contribution >= 0.6 is 0 Å². The van der Waals surface area contributed by atoms with E-state index in [9.17, 15) is 8.42 Å². The monoisotopic (exact) mass is 477 g/mol. The molecule has 7 nitrogen and oxygen atoms in total. The highest BCUT2D eigenvalue weighted by Crippen LogP contribution is 2.39. The molecule has 0 unspecified atom stereocenters. The smallest absolute Gasteiger partial charge is 0.243 e. The maximum Gasteiger partial charge on any atom is 0.243 e. The van der Waals surface area contributed by atoms with Crippen molar-refractivity contribution in [3.63, 3.8) is 0 Å². The maximum atomic E-state index is 13.3. The van der Waals surface area contributed by atoms with Gasteiger partial charge in [0, 0.05) is 26.2 Å².